The maximum Gasteiger partial charge on any atom is 0.103 e. The summed E-state index contributed by atoms with van der Waals surface area (Å²) in [5, 5.41) is 9.81. The molecule has 0 spiro atoms. The van der Waals surface area contributed by atoms with Crippen molar-refractivity contribution in [3.63, 3.8) is 0 Å². The molecule has 0 aliphatic rings. The summed E-state index contributed by atoms with van der Waals surface area (Å²) in [7, 11) is 0. The maximum atomic E-state index is 9.81. The fourth-order valence-electron chi connectivity index (χ4n) is 0.978. The summed E-state index contributed by atoms with van der Waals surface area (Å²) in [5.74, 6) is -0.0325. The van der Waals surface area contributed by atoms with Crippen molar-refractivity contribution < 1.29 is 5.11 Å². The quantitative estimate of drug-likeness (QED) is 0.883. The molecule has 1 aromatic heterocycles. The molecule has 1 heterocycles. The molecule has 1 aromatic rings. The van der Waals surface area contributed by atoms with Gasteiger partial charge in [-0.2, -0.15) is 0 Å². The van der Waals surface area contributed by atoms with E-state index in [0.29, 0.717) is 5.69 Å². The van der Waals surface area contributed by atoms with E-state index in [0.717, 1.165) is 4.48 Å². The zero-order chi connectivity index (χ0) is 9.84. The molecule has 2 nitrogen and oxygen atoms in total. The molecule has 13 heavy (non-hydrogen) atoms. The lowest BCUT2D eigenvalue weighted by Crippen LogP contribution is -2.10. The van der Waals surface area contributed by atoms with Gasteiger partial charge in [0.25, 0.3) is 0 Å². The van der Waals surface area contributed by atoms with Crippen molar-refractivity contribution in [2.75, 3.05) is 0 Å². The average molecular weight is 242 g/mol. The van der Waals surface area contributed by atoms with Gasteiger partial charge >= 0.3 is 0 Å². The maximum absolute atomic E-state index is 9.81. The highest BCUT2D eigenvalue weighted by Crippen LogP contribution is 2.28. The molecule has 0 radical (unpaired) electrons. The molecule has 0 amide bonds. The summed E-state index contributed by atoms with van der Waals surface area (Å²) in [6.07, 6.45) is 1.08. The van der Waals surface area contributed by atoms with Crippen LogP contribution < -0.4 is 0 Å². The minimum atomic E-state index is -0.590. The molecule has 0 fully saturated rings. The first-order valence-corrected chi connectivity index (χ1v) is 4.85. The predicted molar refractivity (Wildman–Crippen MR) is 56.4 cm³/mol. The minimum Gasteiger partial charge on any atom is -0.386 e. The Morgan fingerprint density at radius 2 is 2.31 bits per heavy atom. The van der Waals surface area contributed by atoms with Gasteiger partial charge in [-0.25, -0.2) is 0 Å². The zero-order valence-electron chi connectivity index (χ0n) is 7.44. The first-order valence-electron chi connectivity index (χ1n) is 4.06. The summed E-state index contributed by atoms with van der Waals surface area (Å²) in [6.45, 7) is 5.63. The first-order chi connectivity index (χ1) is 6.13. The van der Waals surface area contributed by atoms with E-state index in [-0.39, 0.29) is 5.92 Å². The van der Waals surface area contributed by atoms with Crippen LogP contribution in [0.5, 0.6) is 0 Å². The Kier molecular flexibility index (Phi) is 3.63. The second kappa shape index (κ2) is 4.53. The predicted octanol–water partition coefficient (Wildman–Crippen LogP) is 2.66. The van der Waals surface area contributed by atoms with Crippen LogP contribution in [0.2, 0.25) is 0 Å². The van der Waals surface area contributed by atoms with Crippen LogP contribution in [0.25, 0.3) is 0 Å². The summed E-state index contributed by atoms with van der Waals surface area (Å²) < 4.78 is 0.783. The monoisotopic (exact) mass is 241 g/mol. The number of hydrogen-bond donors (Lipinski definition) is 1. The molecule has 1 rings (SSSR count). The molecular weight excluding hydrogens is 230 g/mol. The van der Waals surface area contributed by atoms with Crippen LogP contribution >= 0.6 is 15.9 Å². The summed E-state index contributed by atoms with van der Waals surface area (Å²) in [4.78, 5) is 4.07. The number of aliphatic hydroxyl groups excluding tert-OH is 1. The Balaban J connectivity index is 2.79. The van der Waals surface area contributed by atoms with Gasteiger partial charge in [0.2, 0.25) is 0 Å². The highest BCUT2D eigenvalue weighted by molar-refractivity contribution is 9.11. The largest absolute Gasteiger partial charge is 0.386 e. The minimum absolute atomic E-state index is 0.0325. The van der Waals surface area contributed by atoms with Gasteiger partial charge < -0.3 is 5.11 Å². The van der Waals surface area contributed by atoms with Gasteiger partial charge in [0.15, 0.2) is 0 Å². The second-order valence-corrected chi connectivity index (χ2v) is 3.95. The fourth-order valence-corrected chi connectivity index (χ4v) is 1.23. The van der Waals surface area contributed by atoms with Crippen LogP contribution in [0.15, 0.2) is 35.5 Å². The standard InChI is InChI=1S/C10H12BrNO/c1-7(8(2)11)10(13)9-5-3-4-6-12-9/h3-7,10,13H,2H2,1H3/t7-,10-/m0/s1. The van der Waals surface area contributed by atoms with Crippen LogP contribution in [0.4, 0.5) is 0 Å². The summed E-state index contributed by atoms with van der Waals surface area (Å²) in [6, 6.07) is 5.48. The fraction of sp³-hybridized carbons (Fsp3) is 0.300. The topological polar surface area (TPSA) is 33.1 Å². The van der Waals surface area contributed by atoms with E-state index in [9.17, 15) is 5.11 Å². The second-order valence-electron chi connectivity index (χ2n) is 2.93. The number of halogens is 1. The van der Waals surface area contributed by atoms with Crippen molar-refractivity contribution in [3.8, 4) is 0 Å². The van der Waals surface area contributed by atoms with Gasteiger partial charge in [0, 0.05) is 12.1 Å². The van der Waals surface area contributed by atoms with Crippen molar-refractivity contribution in [2.24, 2.45) is 5.92 Å². The van der Waals surface area contributed by atoms with Crippen molar-refractivity contribution in [1.82, 2.24) is 4.98 Å². The Morgan fingerprint density at radius 3 is 2.77 bits per heavy atom. The van der Waals surface area contributed by atoms with Crippen LogP contribution in [-0.2, 0) is 0 Å². The van der Waals surface area contributed by atoms with Crippen LogP contribution in [0.3, 0.4) is 0 Å². The number of hydrogen-bond acceptors (Lipinski definition) is 2. The molecule has 70 valence electrons. The Bertz CT molecular complexity index is 286. The van der Waals surface area contributed by atoms with E-state index < -0.39 is 6.10 Å². The normalized spacial score (nSPS) is 15.0. The molecule has 0 aromatic carbocycles. The van der Waals surface area contributed by atoms with Crippen LogP contribution in [0, 0.1) is 5.92 Å². The third-order valence-corrected chi connectivity index (χ3v) is 2.68. The number of aromatic nitrogens is 1. The van der Waals surface area contributed by atoms with Crippen LogP contribution in [0.1, 0.15) is 18.7 Å². The van der Waals surface area contributed by atoms with Crippen molar-refractivity contribution in [1.29, 1.82) is 0 Å². The van der Waals surface area contributed by atoms with Gasteiger partial charge in [-0.15, -0.1) is 0 Å². The van der Waals surface area contributed by atoms with Crippen molar-refractivity contribution >= 4 is 15.9 Å². The Morgan fingerprint density at radius 1 is 1.62 bits per heavy atom. The lowest BCUT2D eigenvalue weighted by Gasteiger charge is -2.16. The summed E-state index contributed by atoms with van der Waals surface area (Å²) >= 11 is 3.26. The third kappa shape index (κ3) is 2.64. The van der Waals surface area contributed by atoms with E-state index in [1.165, 1.54) is 0 Å². The molecule has 0 aliphatic carbocycles. The molecule has 0 bridgehead atoms. The van der Waals surface area contributed by atoms with Crippen LogP contribution in [-0.4, -0.2) is 10.1 Å². The molecule has 3 heteroatoms. The molecule has 2 atom stereocenters. The molecule has 0 saturated heterocycles. The van der Waals surface area contributed by atoms with Gasteiger partial charge in [0.1, 0.15) is 6.10 Å². The first kappa shape index (κ1) is 10.4. The lowest BCUT2D eigenvalue weighted by molar-refractivity contribution is 0.134. The smallest absolute Gasteiger partial charge is 0.103 e. The highest BCUT2D eigenvalue weighted by atomic mass is 79.9. The zero-order valence-corrected chi connectivity index (χ0v) is 9.03. The number of pyridine rings is 1. The summed E-state index contributed by atoms with van der Waals surface area (Å²) in [5.41, 5.74) is 0.676. The number of rotatable bonds is 3. The van der Waals surface area contributed by atoms with E-state index in [2.05, 4.69) is 27.5 Å². The van der Waals surface area contributed by atoms with E-state index in [4.69, 9.17) is 0 Å². The number of aliphatic hydroxyl groups is 1. The number of nitrogens with zero attached hydrogens (tertiary/aromatic N) is 1. The van der Waals surface area contributed by atoms with Crippen molar-refractivity contribution in [2.45, 2.75) is 13.0 Å². The average Bonchev–Trinajstić information content (AvgIpc) is 2.17. The van der Waals surface area contributed by atoms with Gasteiger partial charge in [0.05, 0.1) is 5.69 Å². The molecular formula is C10H12BrNO. The van der Waals surface area contributed by atoms with E-state index >= 15 is 0 Å². The molecule has 0 saturated carbocycles. The Hall–Kier alpha value is -0.670. The molecule has 1 N–H and O–H groups in total. The van der Waals surface area contributed by atoms with Crippen molar-refractivity contribution in [3.05, 3.63) is 41.2 Å². The lowest BCUT2D eigenvalue weighted by atomic mass is 10.0. The third-order valence-electron chi connectivity index (χ3n) is 1.96. The highest BCUT2D eigenvalue weighted by Gasteiger charge is 2.18. The van der Waals surface area contributed by atoms with Gasteiger partial charge in [-0.1, -0.05) is 35.5 Å². The van der Waals surface area contributed by atoms with Gasteiger partial charge in [-0.3, -0.25) is 4.98 Å². The van der Waals surface area contributed by atoms with Gasteiger partial charge in [-0.05, 0) is 16.6 Å². The van der Waals surface area contributed by atoms with E-state index in [1.54, 1.807) is 12.3 Å². The Labute approximate surface area is 86.4 Å². The van der Waals surface area contributed by atoms with E-state index in [1.807, 2.05) is 19.1 Å². The SMILES string of the molecule is C=C(Br)[C@H](C)[C@H](O)c1ccccn1. The molecule has 0 unspecified atom stereocenters. The molecule has 0 aliphatic heterocycles.